The van der Waals surface area contributed by atoms with E-state index in [-0.39, 0.29) is 0 Å². The van der Waals surface area contributed by atoms with E-state index in [1.165, 1.54) is 0 Å². The molecule has 0 saturated heterocycles. The fourth-order valence-corrected chi connectivity index (χ4v) is 2.32. The Bertz CT molecular complexity index is 83.4. The molecule has 0 saturated carbocycles. The molecular weight excluding hydrogens is 125 g/mol. The van der Waals surface area contributed by atoms with Crippen LogP contribution in [0.4, 0.5) is 0 Å². The van der Waals surface area contributed by atoms with Gasteiger partial charge in [0.2, 0.25) is 0 Å². The van der Waals surface area contributed by atoms with Crippen molar-refractivity contribution in [3.05, 3.63) is 0 Å². The SMILES string of the molecule is C[N]([Al]([CH3])[CH3])C(C)(C)C. The third kappa shape index (κ3) is 3.25. The molecule has 0 bridgehead atoms. The minimum Gasteiger partial charge on any atom is -0.383 e. The van der Waals surface area contributed by atoms with E-state index in [1.54, 1.807) is 0 Å². The first-order chi connectivity index (χ1) is 3.85. The van der Waals surface area contributed by atoms with Crippen LogP contribution in [-0.4, -0.2) is 30.8 Å². The van der Waals surface area contributed by atoms with Crippen LogP contribution in [0, 0.1) is 0 Å². The van der Waals surface area contributed by atoms with Crippen LogP contribution in [0.2, 0.25) is 11.6 Å². The fraction of sp³-hybridized carbons (Fsp3) is 1.00. The van der Waals surface area contributed by atoms with Crippen LogP contribution in [0.3, 0.4) is 0 Å². The maximum Gasteiger partial charge on any atom is 0.366 e. The molecule has 2 heteroatoms. The average Bonchev–Trinajstić information content (AvgIpc) is 1.62. The van der Waals surface area contributed by atoms with Crippen molar-refractivity contribution in [2.24, 2.45) is 0 Å². The Hall–Kier alpha value is 0.492. The maximum absolute atomic E-state index is 2.49. The van der Waals surface area contributed by atoms with Crippen molar-refractivity contribution < 1.29 is 0 Å². The molecule has 9 heavy (non-hydrogen) atoms. The zero-order valence-electron chi connectivity index (χ0n) is 7.52. The summed E-state index contributed by atoms with van der Waals surface area (Å²) in [6.45, 7) is 6.79. The Morgan fingerprint density at radius 2 is 1.44 bits per heavy atom. The Labute approximate surface area is 63.7 Å². The molecule has 0 fully saturated rings. The van der Waals surface area contributed by atoms with Crippen LogP contribution < -0.4 is 0 Å². The molecular formula is C7H18AlN. The van der Waals surface area contributed by atoms with Gasteiger partial charge in [0, 0.05) is 0 Å². The maximum atomic E-state index is 2.49. The highest BCUT2D eigenvalue weighted by molar-refractivity contribution is 6.52. The lowest BCUT2D eigenvalue weighted by Crippen LogP contribution is -2.45. The van der Waals surface area contributed by atoms with Crippen LogP contribution in [0.1, 0.15) is 20.8 Å². The van der Waals surface area contributed by atoms with Crippen LogP contribution >= 0.6 is 0 Å². The zero-order chi connectivity index (χ0) is 7.65. The Morgan fingerprint density at radius 1 is 1.11 bits per heavy atom. The molecule has 0 heterocycles. The predicted molar refractivity (Wildman–Crippen MR) is 45.0 cm³/mol. The molecule has 0 radical (unpaired) electrons. The van der Waals surface area contributed by atoms with Gasteiger partial charge < -0.3 is 3.88 Å². The summed E-state index contributed by atoms with van der Waals surface area (Å²) in [6, 6.07) is 0. The molecule has 0 amide bonds. The topological polar surface area (TPSA) is 3.24 Å². The van der Waals surface area contributed by atoms with E-state index in [0.717, 1.165) is 0 Å². The average molecular weight is 143 g/mol. The lowest BCUT2D eigenvalue weighted by Gasteiger charge is -2.34. The first-order valence-corrected chi connectivity index (χ1v) is 6.41. The van der Waals surface area contributed by atoms with Crippen LogP contribution in [0.5, 0.6) is 0 Å². The van der Waals surface area contributed by atoms with Crippen molar-refractivity contribution >= 4 is 14.4 Å². The molecule has 0 aromatic carbocycles. The van der Waals surface area contributed by atoms with E-state index >= 15 is 0 Å². The number of rotatable bonds is 1. The second-order valence-electron chi connectivity index (χ2n) is 3.88. The summed E-state index contributed by atoms with van der Waals surface area (Å²) in [5, 5.41) is 0. The molecule has 54 valence electrons. The summed E-state index contributed by atoms with van der Waals surface area (Å²) in [5.41, 5.74) is 0.375. The minimum absolute atomic E-state index is 0.375. The number of hydrogen-bond donors (Lipinski definition) is 0. The van der Waals surface area contributed by atoms with Crippen molar-refractivity contribution in [1.29, 1.82) is 0 Å². The summed E-state index contributed by atoms with van der Waals surface area (Å²) in [7, 11) is 2.22. The van der Waals surface area contributed by atoms with E-state index in [0.29, 0.717) is 5.54 Å². The molecule has 0 rings (SSSR count). The standard InChI is InChI=1S/C5H12N.2CH3.Al/c1-5(2,3)6-4;;;/h1-4H3;2*1H3;/q-1;;;+1. The number of hydrogen-bond acceptors (Lipinski definition) is 1. The van der Waals surface area contributed by atoms with Crippen molar-refractivity contribution in [2.45, 2.75) is 37.9 Å². The van der Waals surface area contributed by atoms with Gasteiger partial charge in [-0.15, -0.1) is 0 Å². The van der Waals surface area contributed by atoms with Crippen LogP contribution in [-0.2, 0) is 0 Å². The van der Waals surface area contributed by atoms with E-state index in [9.17, 15) is 0 Å². The van der Waals surface area contributed by atoms with Gasteiger partial charge in [-0.05, 0) is 33.4 Å². The van der Waals surface area contributed by atoms with Gasteiger partial charge in [0.25, 0.3) is 0 Å². The molecule has 0 aliphatic carbocycles. The first-order valence-electron chi connectivity index (χ1n) is 3.58. The Morgan fingerprint density at radius 3 is 1.44 bits per heavy atom. The van der Waals surface area contributed by atoms with Gasteiger partial charge in [-0.1, -0.05) is 11.6 Å². The van der Waals surface area contributed by atoms with E-state index in [1.807, 2.05) is 0 Å². The smallest absolute Gasteiger partial charge is 0.366 e. The third-order valence-corrected chi connectivity index (χ3v) is 4.16. The predicted octanol–water partition coefficient (Wildman–Crippen LogP) is 1.97. The Kier molecular flexibility index (Phi) is 3.22. The molecule has 0 spiro atoms. The number of nitrogens with zero attached hydrogens (tertiary/aromatic N) is 1. The lowest BCUT2D eigenvalue weighted by molar-refractivity contribution is 0.294. The molecule has 0 aromatic rings. The van der Waals surface area contributed by atoms with Crippen LogP contribution in [0.15, 0.2) is 0 Å². The van der Waals surface area contributed by atoms with Gasteiger partial charge in [0.05, 0.1) is 0 Å². The monoisotopic (exact) mass is 143 g/mol. The largest absolute Gasteiger partial charge is 0.383 e. The van der Waals surface area contributed by atoms with Crippen LogP contribution in [0.25, 0.3) is 0 Å². The van der Waals surface area contributed by atoms with Gasteiger partial charge in [-0.2, -0.15) is 0 Å². The van der Waals surface area contributed by atoms with Gasteiger partial charge in [0.15, 0.2) is 0 Å². The highest BCUT2D eigenvalue weighted by Crippen LogP contribution is 2.11. The first kappa shape index (κ1) is 9.49. The van der Waals surface area contributed by atoms with Crippen molar-refractivity contribution in [2.75, 3.05) is 7.05 Å². The molecule has 0 aliphatic rings. The molecule has 0 unspecified atom stereocenters. The molecule has 0 atom stereocenters. The minimum atomic E-state index is -0.556. The van der Waals surface area contributed by atoms with Gasteiger partial charge in [-0.25, -0.2) is 0 Å². The van der Waals surface area contributed by atoms with E-state index in [4.69, 9.17) is 0 Å². The molecule has 0 aromatic heterocycles. The molecule has 1 nitrogen and oxygen atoms in total. The summed E-state index contributed by atoms with van der Waals surface area (Å²) in [6.07, 6.45) is 0. The molecule has 0 N–H and O–H groups in total. The van der Waals surface area contributed by atoms with E-state index in [2.05, 4.69) is 43.3 Å². The Balaban J connectivity index is 3.88. The van der Waals surface area contributed by atoms with Gasteiger partial charge in [-0.3, -0.25) is 0 Å². The highest BCUT2D eigenvalue weighted by atomic mass is 27.2. The normalized spacial score (nSPS) is 12.3. The summed E-state index contributed by atoms with van der Waals surface area (Å²) in [4.78, 5) is 0. The highest BCUT2D eigenvalue weighted by Gasteiger charge is 2.21. The lowest BCUT2D eigenvalue weighted by atomic mass is 10.1. The summed E-state index contributed by atoms with van der Waals surface area (Å²) in [5.74, 6) is 4.70. The quantitative estimate of drug-likeness (QED) is 0.507. The summed E-state index contributed by atoms with van der Waals surface area (Å²) >= 11 is -0.556. The fourth-order valence-electron chi connectivity index (χ4n) is 0.775. The molecule has 0 aliphatic heterocycles. The third-order valence-electron chi connectivity index (χ3n) is 1.83. The summed E-state index contributed by atoms with van der Waals surface area (Å²) < 4.78 is 2.49. The second-order valence-corrected chi connectivity index (χ2v) is 6.84. The van der Waals surface area contributed by atoms with Crippen molar-refractivity contribution in [1.82, 2.24) is 3.88 Å². The second kappa shape index (κ2) is 3.05. The van der Waals surface area contributed by atoms with Gasteiger partial charge in [0.1, 0.15) is 0 Å². The van der Waals surface area contributed by atoms with Gasteiger partial charge >= 0.3 is 14.4 Å². The zero-order valence-corrected chi connectivity index (χ0v) is 8.68. The van der Waals surface area contributed by atoms with E-state index < -0.39 is 14.4 Å². The van der Waals surface area contributed by atoms with Crippen molar-refractivity contribution in [3.63, 3.8) is 0 Å². The van der Waals surface area contributed by atoms with Crippen molar-refractivity contribution in [3.8, 4) is 0 Å².